The van der Waals surface area contributed by atoms with Crippen molar-refractivity contribution < 1.29 is 14.4 Å². The summed E-state index contributed by atoms with van der Waals surface area (Å²) in [6, 6.07) is 21.3. The van der Waals surface area contributed by atoms with Gasteiger partial charge < -0.3 is 0 Å². The van der Waals surface area contributed by atoms with Crippen molar-refractivity contribution in [2.24, 2.45) is 5.92 Å². The number of hydroxylamine groups is 1. The molecule has 3 aromatic carbocycles. The van der Waals surface area contributed by atoms with E-state index in [2.05, 4.69) is 0 Å². The van der Waals surface area contributed by atoms with Crippen LogP contribution in [-0.4, -0.2) is 17.9 Å². The van der Waals surface area contributed by atoms with Crippen LogP contribution in [0.2, 0.25) is 10.0 Å². The summed E-state index contributed by atoms with van der Waals surface area (Å²) in [5.41, 5.74) is 2.61. The van der Waals surface area contributed by atoms with E-state index in [1.54, 1.807) is 36.3 Å². The Balaban J connectivity index is 1.63. The first kappa shape index (κ1) is 20.1. The van der Waals surface area contributed by atoms with E-state index in [4.69, 9.17) is 28.0 Å². The van der Waals surface area contributed by atoms with Gasteiger partial charge in [0.1, 0.15) is 5.92 Å². The third-order valence-electron chi connectivity index (χ3n) is 5.83. The van der Waals surface area contributed by atoms with Gasteiger partial charge in [0, 0.05) is 10.0 Å². The predicted octanol–water partition coefficient (Wildman–Crippen LogP) is 5.35. The second-order valence-electron chi connectivity index (χ2n) is 7.58. The van der Waals surface area contributed by atoms with Gasteiger partial charge in [0.25, 0.3) is 5.91 Å². The molecule has 0 spiro atoms. The highest BCUT2D eigenvalue weighted by Crippen LogP contribution is 2.49. The molecule has 156 valence electrons. The van der Waals surface area contributed by atoms with Gasteiger partial charge in [0.15, 0.2) is 6.10 Å². The molecule has 2 saturated heterocycles. The molecule has 0 unspecified atom stereocenters. The summed E-state index contributed by atoms with van der Waals surface area (Å²) in [7, 11) is 0. The summed E-state index contributed by atoms with van der Waals surface area (Å²) >= 11 is 12.8. The number of hydrogen-bond donors (Lipinski definition) is 0. The average Bonchev–Trinajstić information content (AvgIpc) is 3.28. The number of anilines is 2. The topological polar surface area (TPSA) is 49.9 Å². The van der Waals surface area contributed by atoms with Gasteiger partial charge in [-0.3, -0.25) is 14.4 Å². The molecule has 0 bridgehead atoms. The molecule has 2 heterocycles. The number of rotatable bonds is 3. The molecule has 31 heavy (non-hydrogen) atoms. The molecular weight excluding hydrogens is 435 g/mol. The van der Waals surface area contributed by atoms with E-state index in [0.29, 0.717) is 21.3 Å². The number of nitrogens with zero attached hydrogens (tertiary/aromatic N) is 2. The zero-order valence-corrected chi connectivity index (χ0v) is 18.0. The van der Waals surface area contributed by atoms with E-state index in [1.165, 1.54) is 4.90 Å². The number of halogens is 2. The Morgan fingerprint density at radius 3 is 2.23 bits per heavy atom. The second kappa shape index (κ2) is 7.68. The summed E-state index contributed by atoms with van der Waals surface area (Å²) in [5.74, 6) is -1.48. The van der Waals surface area contributed by atoms with E-state index >= 15 is 0 Å². The normalized spacial score (nSPS) is 22.9. The quantitative estimate of drug-likeness (QED) is 0.502. The first-order chi connectivity index (χ1) is 15.0. The van der Waals surface area contributed by atoms with Crippen LogP contribution in [0, 0.1) is 12.8 Å². The SMILES string of the molecule is Cc1c(Cl)cccc1N1C(=O)[C@@H]2[C@@H](c3ccccc3Cl)N(c3ccccc3)O[C@H]2C1=O. The van der Waals surface area contributed by atoms with Gasteiger partial charge in [-0.15, -0.1) is 0 Å². The Bertz CT molecular complexity index is 1180. The molecule has 0 saturated carbocycles. The molecule has 5 rings (SSSR count). The fraction of sp³-hybridized carbons (Fsp3) is 0.167. The zero-order valence-electron chi connectivity index (χ0n) is 16.5. The number of hydrogen-bond acceptors (Lipinski definition) is 4. The number of amides is 2. The maximum atomic E-state index is 13.6. The molecule has 2 fully saturated rings. The van der Waals surface area contributed by atoms with Crippen LogP contribution >= 0.6 is 23.2 Å². The first-order valence-electron chi connectivity index (χ1n) is 9.87. The maximum Gasteiger partial charge on any atom is 0.266 e. The van der Waals surface area contributed by atoms with Gasteiger partial charge in [-0.2, -0.15) is 0 Å². The lowest BCUT2D eigenvalue weighted by molar-refractivity contribution is -0.126. The fourth-order valence-corrected chi connectivity index (χ4v) is 4.74. The standard InChI is InChI=1S/C24H18Cl2N2O3/c1-14-17(25)12-7-13-19(14)27-23(29)20-21(16-10-5-6-11-18(16)26)28(31-22(20)24(27)30)15-8-3-2-4-9-15/h2-13,20-22H,1H3/t20-,21-,22-/m1/s1. The van der Waals surface area contributed by atoms with Crippen LogP contribution in [0.3, 0.4) is 0 Å². The molecule has 2 amide bonds. The van der Waals surface area contributed by atoms with Crippen molar-refractivity contribution >= 4 is 46.4 Å². The van der Waals surface area contributed by atoms with Gasteiger partial charge >= 0.3 is 0 Å². The van der Waals surface area contributed by atoms with Crippen LogP contribution in [-0.2, 0) is 14.4 Å². The number of para-hydroxylation sites is 1. The molecule has 3 atom stereocenters. The maximum absolute atomic E-state index is 13.6. The highest BCUT2D eigenvalue weighted by molar-refractivity contribution is 6.33. The summed E-state index contributed by atoms with van der Waals surface area (Å²) in [6.07, 6.45) is -0.952. The molecular formula is C24H18Cl2N2O3. The Kier molecular flexibility index (Phi) is 4.97. The third kappa shape index (κ3) is 3.12. The summed E-state index contributed by atoms with van der Waals surface area (Å²) in [4.78, 5) is 34.3. The van der Waals surface area contributed by atoms with Crippen LogP contribution in [0.4, 0.5) is 11.4 Å². The molecule has 7 heteroatoms. The summed E-state index contributed by atoms with van der Waals surface area (Å²) in [5, 5.41) is 2.63. The van der Waals surface area contributed by atoms with Crippen molar-refractivity contribution in [2.75, 3.05) is 9.96 Å². The van der Waals surface area contributed by atoms with Crippen molar-refractivity contribution in [1.29, 1.82) is 0 Å². The van der Waals surface area contributed by atoms with Gasteiger partial charge in [0.2, 0.25) is 5.91 Å². The van der Waals surface area contributed by atoms with Crippen molar-refractivity contribution in [1.82, 2.24) is 0 Å². The molecule has 2 aliphatic rings. The average molecular weight is 453 g/mol. The van der Waals surface area contributed by atoms with Crippen molar-refractivity contribution in [3.63, 3.8) is 0 Å². The van der Waals surface area contributed by atoms with Gasteiger partial charge in [-0.1, -0.05) is 65.7 Å². The van der Waals surface area contributed by atoms with E-state index in [0.717, 1.165) is 11.3 Å². The summed E-state index contributed by atoms with van der Waals surface area (Å²) in [6.45, 7) is 1.79. The number of imide groups is 1. The third-order valence-corrected chi connectivity index (χ3v) is 6.58. The predicted molar refractivity (Wildman–Crippen MR) is 120 cm³/mol. The zero-order chi connectivity index (χ0) is 21.7. The molecule has 2 aliphatic heterocycles. The number of carbonyl (C=O) groups is 2. The molecule has 0 aromatic heterocycles. The van der Waals surface area contributed by atoms with E-state index in [1.807, 2.05) is 48.5 Å². The lowest BCUT2D eigenvalue weighted by Gasteiger charge is -2.29. The molecule has 3 aromatic rings. The van der Waals surface area contributed by atoms with Gasteiger partial charge in [-0.05, 0) is 48.4 Å². The van der Waals surface area contributed by atoms with Gasteiger partial charge in [-0.25, -0.2) is 9.96 Å². The Hall–Kier alpha value is -2.86. The van der Waals surface area contributed by atoms with Crippen molar-refractivity contribution in [3.05, 3.63) is 94.0 Å². The van der Waals surface area contributed by atoms with Crippen LogP contribution < -0.4 is 9.96 Å². The molecule has 0 aliphatic carbocycles. The Morgan fingerprint density at radius 1 is 0.806 bits per heavy atom. The minimum Gasteiger partial charge on any atom is -0.273 e. The van der Waals surface area contributed by atoms with Gasteiger partial charge in [0.05, 0.1) is 17.4 Å². The monoisotopic (exact) mass is 452 g/mol. The van der Waals surface area contributed by atoms with E-state index < -0.39 is 24.0 Å². The van der Waals surface area contributed by atoms with E-state index in [9.17, 15) is 9.59 Å². The lowest BCUT2D eigenvalue weighted by atomic mass is 9.90. The lowest BCUT2D eigenvalue weighted by Crippen LogP contribution is -2.37. The number of benzene rings is 3. The van der Waals surface area contributed by atoms with E-state index in [-0.39, 0.29) is 5.91 Å². The highest BCUT2D eigenvalue weighted by atomic mass is 35.5. The Labute approximate surface area is 189 Å². The summed E-state index contributed by atoms with van der Waals surface area (Å²) < 4.78 is 0. The highest BCUT2D eigenvalue weighted by Gasteiger charge is 2.60. The minimum atomic E-state index is -0.952. The van der Waals surface area contributed by atoms with Crippen LogP contribution in [0.25, 0.3) is 0 Å². The smallest absolute Gasteiger partial charge is 0.266 e. The van der Waals surface area contributed by atoms with Crippen LogP contribution in [0.5, 0.6) is 0 Å². The minimum absolute atomic E-state index is 0.330. The molecule has 0 radical (unpaired) electrons. The first-order valence-corrected chi connectivity index (χ1v) is 10.6. The van der Waals surface area contributed by atoms with Crippen LogP contribution in [0.1, 0.15) is 17.2 Å². The molecule has 5 nitrogen and oxygen atoms in total. The number of carbonyl (C=O) groups excluding carboxylic acids is 2. The largest absolute Gasteiger partial charge is 0.273 e. The van der Waals surface area contributed by atoms with Crippen molar-refractivity contribution in [2.45, 2.75) is 19.1 Å². The Morgan fingerprint density at radius 2 is 1.48 bits per heavy atom. The fourth-order valence-electron chi connectivity index (χ4n) is 4.32. The second-order valence-corrected chi connectivity index (χ2v) is 8.39. The number of fused-ring (bicyclic) bond motifs is 1. The van der Waals surface area contributed by atoms with Crippen molar-refractivity contribution in [3.8, 4) is 0 Å². The molecule has 0 N–H and O–H groups in total. The van der Waals surface area contributed by atoms with Crippen LogP contribution in [0.15, 0.2) is 72.8 Å².